The molecule has 0 radical (unpaired) electrons. The molecule has 2 aliphatic heterocycles. The first-order valence-corrected chi connectivity index (χ1v) is 17.0. The van der Waals surface area contributed by atoms with Gasteiger partial charge in [0.2, 0.25) is 0 Å². The lowest BCUT2D eigenvalue weighted by Crippen LogP contribution is -2.51. The van der Waals surface area contributed by atoms with Gasteiger partial charge in [-0.1, -0.05) is 0 Å². The first kappa shape index (κ1) is 32.7. The van der Waals surface area contributed by atoms with E-state index < -0.39 is 27.4 Å². The van der Waals surface area contributed by atoms with Crippen LogP contribution in [-0.2, 0) is 19.7 Å². The number of carbonyl (C=O) groups is 1. The number of ether oxygens (including phenoxy) is 3. The van der Waals surface area contributed by atoms with E-state index >= 15 is 4.39 Å². The Bertz CT molecular complexity index is 1900. The number of fused-ring (bicyclic) bond motifs is 1. The zero-order chi connectivity index (χ0) is 33.6. The topological polar surface area (TPSA) is 156 Å². The van der Waals surface area contributed by atoms with E-state index in [1.165, 1.54) is 22.8 Å². The van der Waals surface area contributed by atoms with Crippen molar-refractivity contribution in [3.63, 3.8) is 0 Å². The van der Waals surface area contributed by atoms with Crippen LogP contribution in [0.2, 0.25) is 0 Å². The summed E-state index contributed by atoms with van der Waals surface area (Å²) in [4.78, 5) is 32.3. The summed E-state index contributed by atoms with van der Waals surface area (Å²) in [7, 11) is -4.04. The van der Waals surface area contributed by atoms with Crippen molar-refractivity contribution in [1.29, 1.82) is 5.26 Å². The summed E-state index contributed by atoms with van der Waals surface area (Å²) in [5.74, 6) is -1.27. The average molecular weight is 669 g/mol. The fourth-order valence-electron chi connectivity index (χ4n) is 6.43. The summed E-state index contributed by atoms with van der Waals surface area (Å²) in [5.41, 5.74) is -0.852. The van der Waals surface area contributed by atoms with Gasteiger partial charge in [0.1, 0.15) is 23.0 Å². The molecule has 0 atom stereocenters. The van der Waals surface area contributed by atoms with Gasteiger partial charge in [-0.3, -0.25) is 14.1 Å². The highest BCUT2D eigenvalue weighted by Crippen LogP contribution is 2.54. The van der Waals surface area contributed by atoms with Crippen molar-refractivity contribution in [2.45, 2.75) is 58.1 Å². The Labute approximate surface area is 272 Å². The van der Waals surface area contributed by atoms with Gasteiger partial charge < -0.3 is 19.1 Å². The molecular formula is C32H37FN6O7S. The van der Waals surface area contributed by atoms with Crippen molar-refractivity contribution in [2.24, 2.45) is 5.41 Å². The summed E-state index contributed by atoms with van der Waals surface area (Å²) in [6.45, 7) is 7.48. The van der Waals surface area contributed by atoms with Crippen LogP contribution in [0.4, 0.5) is 14.9 Å². The summed E-state index contributed by atoms with van der Waals surface area (Å²) in [6.07, 6.45) is 4.44. The molecule has 1 spiro atoms. The number of hydrogen-bond donors (Lipinski definition) is 1. The molecule has 1 aromatic heterocycles. The van der Waals surface area contributed by atoms with Crippen LogP contribution in [0.1, 0.15) is 58.1 Å². The molecule has 47 heavy (non-hydrogen) atoms. The van der Waals surface area contributed by atoms with E-state index in [-0.39, 0.29) is 71.8 Å². The summed E-state index contributed by atoms with van der Waals surface area (Å²) in [5, 5.41) is 10.2. The number of aromatic nitrogens is 2. The lowest BCUT2D eigenvalue weighted by molar-refractivity contribution is -0.0241. The van der Waals surface area contributed by atoms with E-state index in [1.54, 1.807) is 15.5 Å². The van der Waals surface area contributed by atoms with Crippen LogP contribution in [-0.4, -0.2) is 78.3 Å². The first-order chi connectivity index (χ1) is 22.3. The first-order valence-electron chi connectivity index (χ1n) is 15.5. The third kappa shape index (κ3) is 6.76. The molecule has 250 valence electrons. The Morgan fingerprint density at radius 1 is 1.13 bits per heavy atom. The standard InChI is InChI=1S/C32H37FN6O7S/c1-31(2,3)46-30(41)37-10-8-32(9-11-37)17-21(18-32)39-20-35-26-6-4-22(16-23(26)29(39)40)45-28-24(19-34)27(7-5-25(28)33)36-47(42,43)38-12-14-44-15-13-38/h4-7,16,20-21,36H,8-15,17-18H2,1-3H3. The quantitative estimate of drug-likeness (QED) is 0.398. The smallest absolute Gasteiger partial charge is 0.410 e. The van der Waals surface area contributed by atoms with Gasteiger partial charge in [-0.05, 0) is 82.2 Å². The molecule has 0 bridgehead atoms. The molecule has 3 heterocycles. The van der Waals surface area contributed by atoms with E-state index in [4.69, 9.17) is 14.2 Å². The number of nitriles is 1. The van der Waals surface area contributed by atoms with Gasteiger partial charge in [-0.2, -0.15) is 18.0 Å². The number of carbonyl (C=O) groups excluding carboxylic acids is 1. The number of amides is 1. The number of nitrogens with zero attached hydrogens (tertiary/aromatic N) is 5. The number of hydrogen-bond acceptors (Lipinski definition) is 9. The number of halogens is 1. The van der Waals surface area contributed by atoms with Crippen LogP contribution in [0.25, 0.3) is 10.9 Å². The summed E-state index contributed by atoms with van der Waals surface area (Å²) < 4.78 is 62.5. The molecule has 13 nitrogen and oxygen atoms in total. The Balaban J connectivity index is 1.18. The summed E-state index contributed by atoms with van der Waals surface area (Å²) in [6, 6.07) is 8.47. The van der Waals surface area contributed by atoms with Gasteiger partial charge in [0.05, 0.1) is 36.1 Å². The summed E-state index contributed by atoms with van der Waals surface area (Å²) >= 11 is 0. The van der Waals surface area contributed by atoms with Crippen LogP contribution in [0.3, 0.4) is 0 Å². The van der Waals surface area contributed by atoms with Crippen molar-refractivity contribution in [3.05, 3.63) is 58.4 Å². The Morgan fingerprint density at radius 2 is 1.83 bits per heavy atom. The van der Waals surface area contributed by atoms with Crippen LogP contribution in [0.5, 0.6) is 11.5 Å². The highest BCUT2D eigenvalue weighted by atomic mass is 32.2. The SMILES string of the molecule is CC(C)(C)OC(=O)N1CCC2(CC1)CC(n1cnc3ccc(Oc4c(F)ccc(NS(=O)(=O)N5CCOCC5)c4C#N)cc3c1=O)C2. The zero-order valence-electron chi connectivity index (χ0n) is 26.5. The molecular weight excluding hydrogens is 631 g/mol. The van der Waals surface area contributed by atoms with Gasteiger partial charge in [0.15, 0.2) is 11.6 Å². The number of anilines is 1. The molecule has 1 aliphatic carbocycles. The van der Waals surface area contributed by atoms with E-state index in [2.05, 4.69) is 9.71 Å². The number of rotatable bonds is 6. The van der Waals surface area contributed by atoms with Crippen molar-refractivity contribution in [3.8, 4) is 17.6 Å². The molecule has 1 N–H and O–H groups in total. The van der Waals surface area contributed by atoms with Gasteiger partial charge >= 0.3 is 16.3 Å². The molecule has 3 aromatic rings. The molecule has 15 heteroatoms. The number of nitrogens with one attached hydrogen (secondary N) is 1. The Hall–Kier alpha value is -4.26. The van der Waals surface area contributed by atoms with Gasteiger partial charge in [-0.15, -0.1) is 0 Å². The second-order valence-corrected chi connectivity index (χ2v) is 15.0. The molecule has 2 saturated heterocycles. The Kier molecular flexibility index (Phi) is 8.62. The number of benzene rings is 2. The number of piperidine rings is 1. The number of morpholine rings is 1. The normalized spacial score (nSPS) is 18.8. The van der Waals surface area contributed by atoms with Crippen molar-refractivity contribution in [2.75, 3.05) is 44.1 Å². The maximum atomic E-state index is 15.0. The van der Waals surface area contributed by atoms with Crippen LogP contribution in [0, 0.1) is 22.6 Å². The zero-order valence-corrected chi connectivity index (χ0v) is 27.3. The fraction of sp³-hybridized carbons (Fsp3) is 0.500. The van der Waals surface area contributed by atoms with Crippen LogP contribution < -0.4 is 15.0 Å². The second kappa shape index (κ2) is 12.4. The third-order valence-corrected chi connectivity index (χ3v) is 10.5. The minimum absolute atomic E-state index is 0.0437. The number of likely N-dealkylation sites (tertiary alicyclic amines) is 1. The Morgan fingerprint density at radius 3 is 2.49 bits per heavy atom. The maximum Gasteiger partial charge on any atom is 0.410 e. The molecule has 3 fully saturated rings. The molecule has 0 unspecified atom stereocenters. The minimum Gasteiger partial charge on any atom is -0.453 e. The van der Waals surface area contributed by atoms with Crippen LogP contribution in [0.15, 0.2) is 41.5 Å². The molecule has 1 saturated carbocycles. The molecule has 2 aromatic carbocycles. The molecule has 6 rings (SSSR count). The van der Waals surface area contributed by atoms with Gasteiger partial charge in [0, 0.05) is 32.2 Å². The minimum atomic E-state index is -4.04. The van der Waals surface area contributed by atoms with E-state index in [9.17, 15) is 23.3 Å². The highest BCUT2D eigenvalue weighted by molar-refractivity contribution is 7.90. The predicted molar refractivity (Wildman–Crippen MR) is 170 cm³/mol. The predicted octanol–water partition coefficient (Wildman–Crippen LogP) is 4.54. The van der Waals surface area contributed by atoms with E-state index in [0.29, 0.717) is 18.6 Å². The van der Waals surface area contributed by atoms with Crippen molar-refractivity contribution < 1.29 is 31.8 Å². The lowest BCUT2D eigenvalue weighted by atomic mass is 9.60. The second-order valence-electron chi connectivity index (χ2n) is 13.3. The maximum absolute atomic E-state index is 15.0. The average Bonchev–Trinajstić information content (AvgIpc) is 3.02. The molecule has 1 amide bonds. The fourth-order valence-corrected chi connectivity index (χ4v) is 7.64. The van der Waals surface area contributed by atoms with Gasteiger partial charge in [-0.25, -0.2) is 14.2 Å². The van der Waals surface area contributed by atoms with Crippen molar-refractivity contribution in [1.82, 2.24) is 18.8 Å². The monoisotopic (exact) mass is 668 g/mol. The lowest BCUT2D eigenvalue weighted by Gasteiger charge is -2.52. The van der Waals surface area contributed by atoms with Crippen LogP contribution >= 0.6 is 0 Å². The van der Waals surface area contributed by atoms with Gasteiger partial charge in [0.25, 0.3) is 5.56 Å². The van der Waals surface area contributed by atoms with E-state index in [1.807, 2.05) is 26.8 Å². The largest absolute Gasteiger partial charge is 0.453 e. The third-order valence-electron chi connectivity index (χ3n) is 8.95. The van der Waals surface area contributed by atoms with E-state index in [0.717, 1.165) is 37.8 Å². The highest BCUT2D eigenvalue weighted by Gasteiger charge is 2.47. The van der Waals surface area contributed by atoms with Crippen molar-refractivity contribution >= 4 is 32.9 Å². The molecule has 3 aliphatic rings.